The second kappa shape index (κ2) is 17.0. The SMILES string of the molecule is c1ccc(-c2nc(-c3ccccc3)nc(-c3ccc(-c4ccc(-c5cc(-c6ccc(-c7ccccn7)cc6)cc(-c6ccc(-c7ccccn7)cc6)c5)c5ccccc45)cc3)n2)cc1. The van der Waals surface area contributed by atoms with Gasteiger partial charge in [-0.05, 0) is 97.7 Å². The van der Waals surface area contributed by atoms with E-state index in [-0.39, 0.29) is 0 Å². The van der Waals surface area contributed by atoms with Crippen molar-refractivity contribution in [3.63, 3.8) is 0 Å². The Hall–Kier alpha value is -8.67. The van der Waals surface area contributed by atoms with E-state index in [1.54, 1.807) is 0 Å². The summed E-state index contributed by atoms with van der Waals surface area (Å²) in [7, 11) is 0. The van der Waals surface area contributed by atoms with Gasteiger partial charge in [-0.1, -0.05) is 182 Å². The van der Waals surface area contributed by atoms with Crippen molar-refractivity contribution < 1.29 is 0 Å². The summed E-state index contributed by atoms with van der Waals surface area (Å²) in [5, 5.41) is 2.36. The minimum Gasteiger partial charge on any atom is -0.256 e. The van der Waals surface area contributed by atoms with Gasteiger partial charge in [0.05, 0.1) is 11.4 Å². The van der Waals surface area contributed by atoms with Gasteiger partial charge in [-0.3, -0.25) is 9.97 Å². The van der Waals surface area contributed by atoms with Crippen molar-refractivity contribution in [3.8, 4) is 101 Å². The minimum absolute atomic E-state index is 0.632. The topological polar surface area (TPSA) is 64.5 Å². The highest BCUT2D eigenvalue weighted by Gasteiger charge is 2.16. The van der Waals surface area contributed by atoms with Crippen LogP contribution in [0.4, 0.5) is 0 Å². The molecule has 3 heterocycles. The number of rotatable bonds is 9. The molecule has 0 unspecified atom stereocenters. The molecule has 0 bridgehead atoms. The van der Waals surface area contributed by atoms with Crippen LogP contribution >= 0.6 is 0 Å². The fourth-order valence-electron chi connectivity index (χ4n) is 8.39. The van der Waals surface area contributed by atoms with E-state index in [4.69, 9.17) is 15.0 Å². The smallest absolute Gasteiger partial charge is 0.164 e. The van der Waals surface area contributed by atoms with E-state index >= 15 is 0 Å². The zero-order valence-corrected chi connectivity index (χ0v) is 34.8. The van der Waals surface area contributed by atoms with Crippen molar-refractivity contribution in [1.82, 2.24) is 24.9 Å². The molecule has 5 nitrogen and oxygen atoms in total. The van der Waals surface area contributed by atoms with Gasteiger partial charge in [0, 0.05) is 40.2 Å². The molecule has 0 amide bonds. The third kappa shape index (κ3) is 7.74. The summed E-state index contributed by atoms with van der Waals surface area (Å²) in [4.78, 5) is 24.0. The van der Waals surface area contributed by atoms with Crippen LogP contribution in [0.5, 0.6) is 0 Å². The molecule has 3 aromatic heterocycles. The zero-order chi connectivity index (χ0) is 42.7. The number of pyridine rings is 2. The summed E-state index contributed by atoms with van der Waals surface area (Å²) in [6, 6.07) is 78.4. The highest BCUT2D eigenvalue weighted by molar-refractivity contribution is 6.05. The molecule has 0 radical (unpaired) electrons. The maximum Gasteiger partial charge on any atom is 0.164 e. The Kier molecular flexibility index (Phi) is 10.2. The Labute approximate surface area is 372 Å². The van der Waals surface area contributed by atoms with Crippen molar-refractivity contribution in [3.05, 3.63) is 237 Å². The van der Waals surface area contributed by atoms with E-state index in [1.807, 2.05) is 109 Å². The largest absolute Gasteiger partial charge is 0.256 e. The number of hydrogen-bond acceptors (Lipinski definition) is 5. The molecule has 0 spiro atoms. The minimum atomic E-state index is 0.632. The first-order chi connectivity index (χ1) is 31.7. The lowest BCUT2D eigenvalue weighted by molar-refractivity contribution is 1.07. The second-order valence-corrected chi connectivity index (χ2v) is 15.7. The predicted molar refractivity (Wildman–Crippen MR) is 262 cm³/mol. The standard InChI is InChI=1S/C59H39N5/c1-3-13-45(14-4-1)57-62-58(46-15-5-2-6-16-46)64-59(63-57)47-31-25-42(26-32-47)51-33-34-52(54-18-8-7-17-53(51)54)50-38-48(40-21-27-43(28-22-40)55-19-9-11-35-60-55)37-49(39-50)41-23-29-44(30-24-41)56-20-10-12-36-61-56/h1-39H. The van der Waals surface area contributed by atoms with Gasteiger partial charge >= 0.3 is 0 Å². The molecule has 0 fully saturated rings. The van der Waals surface area contributed by atoms with Crippen LogP contribution in [0.15, 0.2) is 237 Å². The Morgan fingerprint density at radius 1 is 0.219 bits per heavy atom. The first-order valence-electron chi connectivity index (χ1n) is 21.4. The molecule has 0 saturated heterocycles. The number of benzene rings is 8. The van der Waals surface area contributed by atoms with E-state index < -0.39 is 0 Å². The lowest BCUT2D eigenvalue weighted by atomic mass is 9.88. The van der Waals surface area contributed by atoms with Crippen molar-refractivity contribution in [2.75, 3.05) is 0 Å². The maximum absolute atomic E-state index is 4.96. The van der Waals surface area contributed by atoms with Crippen molar-refractivity contribution >= 4 is 10.8 Å². The number of hydrogen-bond donors (Lipinski definition) is 0. The molecule has 0 saturated carbocycles. The molecule has 0 aliphatic rings. The summed E-state index contributed by atoms with van der Waals surface area (Å²) < 4.78 is 0. The van der Waals surface area contributed by atoms with Gasteiger partial charge in [0.2, 0.25) is 0 Å². The van der Waals surface area contributed by atoms with Crippen LogP contribution in [0.1, 0.15) is 0 Å². The number of aromatic nitrogens is 5. The molecule has 11 aromatic rings. The number of fused-ring (bicyclic) bond motifs is 1. The lowest BCUT2D eigenvalue weighted by Crippen LogP contribution is -2.00. The molecule has 300 valence electrons. The van der Waals surface area contributed by atoms with E-state index in [0.29, 0.717) is 17.5 Å². The first kappa shape index (κ1) is 38.3. The summed E-state index contributed by atoms with van der Waals surface area (Å²) in [5.41, 5.74) is 16.0. The quantitative estimate of drug-likeness (QED) is 0.145. The van der Waals surface area contributed by atoms with Gasteiger partial charge in [0.1, 0.15) is 0 Å². The van der Waals surface area contributed by atoms with Crippen LogP contribution in [0.25, 0.3) is 112 Å². The third-order valence-electron chi connectivity index (χ3n) is 11.7. The van der Waals surface area contributed by atoms with Crippen molar-refractivity contribution in [2.45, 2.75) is 0 Å². The fourth-order valence-corrected chi connectivity index (χ4v) is 8.39. The average molecular weight is 818 g/mol. The molecule has 5 heteroatoms. The summed E-state index contributed by atoms with van der Waals surface area (Å²) in [6.45, 7) is 0. The number of nitrogens with zero attached hydrogens (tertiary/aromatic N) is 5. The summed E-state index contributed by atoms with van der Waals surface area (Å²) in [5.74, 6) is 1.92. The molecular formula is C59H39N5. The molecule has 0 aliphatic carbocycles. The van der Waals surface area contributed by atoms with Crippen LogP contribution in [-0.4, -0.2) is 24.9 Å². The molecule has 64 heavy (non-hydrogen) atoms. The highest BCUT2D eigenvalue weighted by Crippen LogP contribution is 2.40. The van der Waals surface area contributed by atoms with E-state index in [0.717, 1.165) is 78.1 Å². The highest BCUT2D eigenvalue weighted by atomic mass is 15.0. The van der Waals surface area contributed by atoms with Gasteiger partial charge in [-0.15, -0.1) is 0 Å². The predicted octanol–water partition coefficient (Wildman–Crippen LogP) is 14.8. The van der Waals surface area contributed by atoms with Crippen LogP contribution in [0, 0.1) is 0 Å². The van der Waals surface area contributed by atoms with Crippen molar-refractivity contribution in [2.24, 2.45) is 0 Å². The second-order valence-electron chi connectivity index (χ2n) is 15.7. The summed E-state index contributed by atoms with van der Waals surface area (Å²) in [6.07, 6.45) is 3.67. The molecule has 8 aromatic carbocycles. The van der Waals surface area contributed by atoms with Crippen LogP contribution in [-0.2, 0) is 0 Å². The zero-order valence-electron chi connectivity index (χ0n) is 34.8. The van der Waals surface area contributed by atoms with Gasteiger partial charge in [-0.25, -0.2) is 15.0 Å². The first-order valence-corrected chi connectivity index (χ1v) is 21.4. The van der Waals surface area contributed by atoms with Gasteiger partial charge in [0.15, 0.2) is 17.5 Å². The molecule has 11 rings (SSSR count). The Balaban J connectivity index is 0.983. The normalized spacial score (nSPS) is 11.1. The third-order valence-corrected chi connectivity index (χ3v) is 11.7. The van der Waals surface area contributed by atoms with Gasteiger partial charge in [-0.2, -0.15) is 0 Å². The van der Waals surface area contributed by atoms with Crippen LogP contribution < -0.4 is 0 Å². The monoisotopic (exact) mass is 817 g/mol. The average Bonchev–Trinajstić information content (AvgIpc) is 3.39. The summed E-state index contributed by atoms with van der Waals surface area (Å²) >= 11 is 0. The molecule has 0 atom stereocenters. The maximum atomic E-state index is 4.96. The Morgan fingerprint density at radius 3 is 1.00 bits per heavy atom. The Bertz CT molecular complexity index is 3220. The van der Waals surface area contributed by atoms with E-state index in [1.165, 1.54) is 16.3 Å². The molecular weight excluding hydrogens is 779 g/mol. The molecule has 0 aliphatic heterocycles. The Morgan fingerprint density at radius 2 is 0.562 bits per heavy atom. The van der Waals surface area contributed by atoms with E-state index in [2.05, 4.69) is 137 Å². The van der Waals surface area contributed by atoms with Gasteiger partial charge in [0.25, 0.3) is 0 Å². The van der Waals surface area contributed by atoms with Crippen LogP contribution in [0.3, 0.4) is 0 Å². The van der Waals surface area contributed by atoms with Gasteiger partial charge < -0.3 is 0 Å². The molecule has 0 N–H and O–H groups in total. The van der Waals surface area contributed by atoms with Crippen molar-refractivity contribution in [1.29, 1.82) is 0 Å². The fraction of sp³-hybridized carbons (Fsp3) is 0. The van der Waals surface area contributed by atoms with Crippen LogP contribution in [0.2, 0.25) is 0 Å². The van der Waals surface area contributed by atoms with E-state index in [9.17, 15) is 0 Å². The lowest BCUT2D eigenvalue weighted by Gasteiger charge is -2.16.